The first kappa shape index (κ1) is 11.8. The van der Waals surface area contributed by atoms with Crippen LogP contribution in [0.25, 0.3) is 0 Å². The van der Waals surface area contributed by atoms with Crippen LogP contribution in [0.5, 0.6) is 5.75 Å². The SMILES string of the molecule is CC1(C)CC1NC(=O)COc1cccc(N)c1. The average molecular weight is 234 g/mol. The molecule has 2 rings (SSSR count). The third kappa shape index (κ3) is 3.12. The van der Waals surface area contributed by atoms with Crippen molar-refractivity contribution in [2.24, 2.45) is 5.41 Å². The zero-order chi connectivity index (χ0) is 12.5. The number of hydrogen-bond donors (Lipinski definition) is 2. The van der Waals surface area contributed by atoms with Crippen molar-refractivity contribution in [3.8, 4) is 5.75 Å². The van der Waals surface area contributed by atoms with E-state index in [9.17, 15) is 4.79 Å². The van der Waals surface area contributed by atoms with Crippen molar-refractivity contribution < 1.29 is 9.53 Å². The molecule has 0 aliphatic heterocycles. The Kier molecular flexibility index (Phi) is 2.96. The molecule has 1 aliphatic rings. The van der Waals surface area contributed by atoms with E-state index in [2.05, 4.69) is 19.2 Å². The lowest BCUT2D eigenvalue weighted by molar-refractivity contribution is -0.123. The van der Waals surface area contributed by atoms with E-state index in [1.165, 1.54) is 0 Å². The highest BCUT2D eigenvalue weighted by Crippen LogP contribution is 2.44. The molecule has 1 aromatic rings. The summed E-state index contributed by atoms with van der Waals surface area (Å²) in [6, 6.07) is 7.35. The van der Waals surface area contributed by atoms with Gasteiger partial charge in [-0.05, 0) is 24.0 Å². The molecule has 1 aliphatic carbocycles. The van der Waals surface area contributed by atoms with E-state index in [0.717, 1.165) is 6.42 Å². The molecular weight excluding hydrogens is 216 g/mol. The summed E-state index contributed by atoms with van der Waals surface area (Å²) >= 11 is 0. The minimum Gasteiger partial charge on any atom is -0.484 e. The molecule has 1 saturated carbocycles. The van der Waals surface area contributed by atoms with Crippen molar-refractivity contribution in [3.05, 3.63) is 24.3 Å². The van der Waals surface area contributed by atoms with E-state index in [4.69, 9.17) is 10.5 Å². The molecule has 0 bridgehead atoms. The molecule has 0 aromatic heterocycles. The number of benzene rings is 1. The molecule has 1 amide bonds. The summed E-state index contributed by atoms with van der Waals surface area (Å²) in [4.78, 5) is 11.6. The lowest BCUT2D eigenvalue weighted by Crippen LogP contribution is -2.32. The Labute approximate surface area is 101 Å². The molecule has 1 unspecified atom stereocenters. The van der Waals surface area contributed by atoms with Gasteiger partial charge in [-0.1, -0.05) is 19.9 Å². The Bertz CT molecular complexity index is 429. The Morgan fingerprint density at radius 1 is 1.59 bits per heavy atom. The first-order valence-electron chi connectivity index (χ1n) is 5.75. The molecule has 1 aromatic carbocycles. The molecule has 0 heterocycles. The number of carbonyl (C=O) groups excluding carboxylic acids is 1. The number of nitrogen functional groups attached to an aromatic ring is 1. The molecular formula is C13H18N2O2. The van der Waals surface area contributed by atoms with Crippen molar-refractivity contribution in [2.45, 2.75) is 26.3 Å². The van der Waals surface area contributed by atoms with E-state index in [1.807, 2.05) is 0 Å². The second-order valence-electron chi connectivity index (χ2n) is 5.17. The standard InChI is InChI=1S/C13H18N2O2/c1-13(2)7-11(13)15-12(16)8-17-10-5-3-4-9(14)6-10/h3-6,11H,7-8,14H2,1-2H3,(H,15,16). The number of carbonyl (C=O) groups is 1. The molecule has 4 heteroatoms. The first-order chi connectivity index (χ1) is 7.97. The smallest absolute Gasteiger partial charge is 0.258 e. The predicted molar refractivity (Wildman–Crippen MR) is 66.7 cm³/mol. The molecule has 0 radical (unpaired) electrons. The topological polar surface area (TPSA) is 64.3 Å². The molecule has 0 saturated heterocycles. The van der Waals surface area contributed by atoms with E-state index >= 15 is 0 Å². The quantitative estimate of drug-likeness (QED) is 0.777. The number of nitrogens with two attached hydrogens (primary N) is 1. The van der Waals surface area contributed by atoms with Crippen LogP contribution < -0.4 is 15.8 Å². The zero-order valence-electron chi connectivity index (χ0n) is 10.2. The van der Waals surface area contributed by atoms with Crippen LogP contribution in [0.15, 0.2) is 24.3 Å². The second-order valence-corrected chi connectivity index (χ2v) is 5.17. The highest BCUT2D eigenvalue weighted by molar-refractivity contribution is 5.78. The Hall–Kier alpha value is -1.71. The highest BCUT2D eigenvalue weighted by Gasteiger charge is 2.46. The van der Waals surface area contributed by atoms with Gasteiger partial charge in [0, 0.05) is 17.8 Å². The maximum absolute atomic E-state index is 11.6. The molecule has 17 heavy (non-hydrogen) atoms. The van der Waals surface area contributed by atoms with Gasteiger partial charge in [-0.25, -0.2) is 0 Å². The van der Waals surface area contributed by atoms with Crippen LogP contribution >= 0.6 is 0 Å². The van der Waals surface area contributed by atoms with Crippen LogP contribution in [0.1, 0.15) is 20.3 Å². The van der Waals surface area contributed by atoms with Crippen molar-refractivity contribution in [3.63, 3.8) is 0 Å². The van der Waals surface area contributed by atoms with E-state index in [-0.39, 0.29) is 17.9 Å². The van der Waals surface area contributed by atoms with Gasteiger partial charge in [0.2, 0.25) is 0 Å². The van der Waals surface area contributed by atoms with Crippen LogP contribution in [-0.2, 0) is 4.79 Å². The second kappa shape index (κ2) is 4.28. The number of anilines is 1. The third-order valence-corrected chi connectivity index (χ3v) is 3.08. The third-order valence-electron chi connectivity index (χ3n) is 3.08. The Morgan fingerprint density at radius 2 is 2.29 bits per heavy atom. The number of ether oxygens (including phenoxy) is 1. The van der Waals surface area contributed by atoms with Gasteiger partial charge in [-0.15, -0.1) is 0 Å². The van der Waals surface area contributed by atoms with Gasteiger partial charge in [0.05, 0.1) is 0 Å². The van der Waals surface area contributed by atoms with Crippen LogP contribution in [0, 0.1) is 5.41 Å². The van der Waals surface area contributed by atoms with Gasteiger partial charge in [0.15, 0.2) is 6.61 Å². The molecule has 1 atom stereocenters. The lowest BCUT2D eigenvalue weighted by Gasteiger charge is -2.08. The lowest BCUT2D eigenvalue weighted by atomic mass is 10.2. The van der Waals surface area contributed by atoms with E-state index in [1.54, 1.807) is 24.3 Å². The summed E-state index contributed by atoms with van der Waals surface area (Å²) in [6.45, 7) is 4.31. The number of amides is 1. The minimum atomic E-state index is -0.0806. The first-order valence-corrected chi connectivity index (χ1v) is 5.75. The molecule has 0 spiro atoms. The van der Waals surface area contributed by atoms with Crippen LogP contribution in [0.3, 0.4) is 0 Å². The fourth-order valence-corrected chi connectivity index (χ4v) is 1.70. The predicted octanol–water partition coefficient (Wildman–Crippen LogP) is 1.56. The average Bonchev–Trinajstić information content (AvgIpc) is 2.83. The zero-order valence-corrected chi connectivity index (χ0v) is 10.2. The summed E-state index contributed by atoms with van der Waals surface area (Å²) in [6.07, 6.45) is 1.04. The van der Waals surface area contributed by atoms with Crippen LogP contribution in [-0.4, -0.2) is 18.6 Å². The highest BCUT2D eigenvalue weighted by atomic mass is 16.5. The van der Waals surface area contributed by atoms with Crippen molar-refractivity contribution >= 4 is 11.6 Å². The van der Waals surface area contributed by atoms with Crippen molar-refractivity contribution in [1.82, 2.24) is 5.32 Å². The summed E-state index contributed by atoms with van der Waals surface area (Å²) in [5.41, 5.74) is 6.48. The normalized spacial score (nSPS) is 20.7. The summed E-state index contributed by atoms with van der Waals surface area (Å²) in [5.74, 6) is 0.540. The Balaban J connectivity index is 1.77. The van der Waals surface area contributed by atoms with E-state index < -0.39 is 0 Å². The van der Waals surface area contributed by atoms with Crippen molar-refractivity contribution in [2.75, 3.05) is 12.3 Å². The van der Waals surface area contributed by atoms with Gasteiger partial charge in [0.1, 0.15) is 5.75 Å². The Morgan fingerprint density at radius 3 is 2.88 bits per heavy atom. The maximum Gasteiger partial charge on any atom is 0.258 e. The van der Waals surface area contributed by atoms with Gasteiger partial charge in [-0.3, -0.25) is 4.79 Å². The van der Waals surface area contributed by atoms with Gasteiger partial charge in [-0.2, -0.15) is 0 Å². The fourth-order valence-electron chi connectivity index (χ4n) is 1.70. The van der Waals surface area contributed by atoms with Crippen molar-refractivity contribution in [1.29, 1.82) is 0 Å². The number of rotatable bonds is 4. The van der Waals surface area contributed by atoms with Gasteiger partial charge in [0.25, 0.3) is 5.91 Å². The van der Waals surface area contributed by atoms with Gasteiger partial charge < -0.3 is 15.8 Å². The number of hydrogen-bond acceptors (Lipinski definition) is 3. The largest absolute Gasteiger partial charge is 0.484 e. The summed E-state index contributed by atoms with van der Waals surface area (Å²) in [5, 5.41) is 2.93. The monoisotopic (exact) mass is 234 g/mol. The van der Waals surface area contributed by atoms with Crippen LogP contribution in [0.4, 0.5) is 5.69 Å². The minimum absolute atomic E-state index is 0.0377. The molecule has 92 valence electrons. The molecule has 4 nitrogen and oxygen atoms in total. The van der Waals surface area contributed by atoms with Crippen LogP contribution in [0.2, 0.25) is 0 Å². The molecule has 3 N–H and O–H groups in total. The molecule has 1 fully saturated rings. The fraction of sp³-hybridized carbons (Fsp3) is 0.462. The summed E-state index contributed by atoms with van der Waals surface area (Å²) < 4.78 is 5.35. The number of nitrogens with one attached hydrogen (secondary N) is 1. The van der Waals surface area contributed by atoms with E-state index in [0.29, 0.717) is 17.5 Å². The summed E-state index contributed by atoms with van der Waals surface area (Å²) in [7, 11) is 0. The van der Waals surface area contributed by atoms with Gasteiger partial charge >= 0.3 is 0 Å². The maximum atomic E-state index is 11.6.